The summed E-state index contributed by atoms with van der Waals surface area (Å²) in [6.45, 7) is 1.98. The molecule has 0 aromatic heterocycles. The SMILES string of the molecule is CCCCC(Cl)S(=O)(=O)Oc1ccccc1. The Morgan fingerprint density at radius 3 is 2.50 bits per heavy atom. The molecule has 0 spiro atoms. The molecule has 0 fully saturated rings. The molecule has 1 atom stereocenters. The molecule has 1 aromatic carbocycles. The van der Waals surface area contributed by atoms with Crippen molar-refractivity contribution in [3.05, 3.63) is 30.3 Å². The molecule has 0 bridgehead atoms. The molecule has 16 heavy (non-hydrogen) atoms. The van der Waals surface area contributed by atoms with E-state index in [1.807, 2.05) is 6.92 Å². The largest absolute Gasteiger partial charge is 0.381 e. The number of rotatable bonds is 6. The Bertz CT molecular complexity index is 402. The van der Waals surface area contributed by atoms with Crippen molar-refractivity contribution in [1.29, 1.82) is 0 Å². The standard InChI is InChI=1S/C11H15ClO3S/c1-2-3-9-11(12)16(13,14)15-10-7-5-4-6-8-10/h4-8,11H,2-3,9H2,1H3. The minimum atomic E-state index is -3.72. The number of benzene rings is 1. The van der Waals surface area contributed by atoms with Gasteiger partial charge in [0.25, 0.3) is 0 Å². The van der Waals surface area contributed by atoms with E-state index >= 15 is 0 Å². The Kier molecular flexibility index (Phi) is 5.09. The van der Waals surface area contributed by atoms with Gasteiger partial charge in [-0.05, 0) is 18.6 Å². The average Bonchev–Trinajstić information content (AvgIpc) is 2.26. The number of halogens is 1. The highest BCUT2D eigenvalue weighted by Crippen LogP contribution is 2.20. The maximum atomic E-state index is 11.7. The minimum absolute atomic E-state index is 0.296. The van der Waals surface area contributed by atoms with Crippen LogP contribution in [0.4, 0.5) is 0 Å². The van der Waals surface area contributed by atoms with Crippen molar-refractivity contribution in [3.63, 3.8) is 0 Å². The van der Waals surface area contributed by atoms with Gasteiger partial charge in [-0.15, -0.1) is 11.6 Å². The Hall–Kier alpha value is -0.740. The van der Waals surface area contributed by atoms with Crippen LogP contribution >= 0.6 is 11.6 Å². The van der Waals surface area contributed by atoms with E-state index in [1.54, 1.807) is 30.3 Å². The summed E-state index contributed by atoms with van der Waals surface area (Å²) < 4.78 is 27.2. The Morgan fingerprint density at radius 2 is 1.94 bits per heavy atom. The summed E-state index contributed by atoms with van der Waals surface area (Å²) >= 11 is 5.79. The molecule has 5 heteroatoms. The molecule has 0 N–H and O–H groups in total. The molecule has 3 nitrogen and oxygen atoms in total. The zero-order chi connectivity index (χ0) is 12.0. The van der Waals surface area contributed by atoms with E-state index in [2.05, 4.69) is 0 Å². The molecule has 1 unspecified atom stereocenters. The fraction of sp³-hybridized carbons (Fsp3) is 0.455. The second-order valence-electron chi connectivity index (χ2n) is 3.44. The van der Waals surface area contributed by atoms with Gasteiger partial charge in [-0.25, -0.2) is 0 Å². The minimum Gasteiger partial charge on any atom is -0.381 e. The second kappa shape index (κ2) is 6.11. The Labute approximate surface area is 102 Å². The molecular weight excluding hydrogens is 248 g/mol. The Morgan fingerprint density at radius 1 is 1.31 bits per heavy atom. The van der Waals surface area contributed by atoms with Crippen LogP contribution in [0.1, 0.15) is 26.2 Å². The first-order chi connectivity index (χ1) is 7.56. The van der Waals surface area contributed by atoms with Crippen molar-refractivity contribution in [1.82, 2.24) is 0 Å². The van der Waals surface area contributed by atoms with Crippen molar-refractivity contribution < 1.29 is 12.6 Å². The first-order valence-electron chi connectivity index (χ1n) is 5.18. The molecular formula is C11H15ClO3S. The topological polar surface area (TPSA) is 43.4 Å². The molecule has 0 saturated carbocycles. The van der Waals surface area contributed by atoms with Crippen molar-refractivity contribution in [2.24, 2.45) is 0 Å². The van der Waals surface area contributed by atoms with Gasteiger partial charge < -0.3 is 4.18 Å². The van der Waals surface area contributed by atoms with Gasteiger partial charge in [-0.2, -0.15) is 8.42 Å². The van der Waals surface area contributed by atoms with E-state index in [0.29, 0.717) is 12.2 Å². The third kappa shape index (κ3) is 4.02. The van der Waals surface area contributed by atoms with Gasteiger partial charge in [-0.1, -0.05) is 38.0 Å². The normalized spacial score (nSPS) is 13.4. The molecule has 0 aliphatic rings. The van der Waals surface area contributed by atoms with Gasteiger partial charge in [-0.3, -0.25) is 0 Å². The number of unbranched alkanes of at least 4 members (excludes halogenated alkanes) is 1. The summed E-state index contributed by atoms with van der Waals surface area (Å²) in [6, 6.07) is 8.37. The number of hydrogen-bond acceptors (Lipinski definition) is 3. The smallest absolute Gasteiger partial charge is 0.326 e. The fourth-order valence-electron chi connectivity index (χ4n) is 1.17. The summed E-state index contributed by atoms with van der Waals surface area (Å²) in [6.07, 6.45) is 2.09. The fourth-order valence-corrected chi connectivity index (χ4v) is 2.37. The predicted molar refractivity (Wildman–Crippen MR) is 65.2 cm³/mol. The quantitative estimate of drug-likeness (QED) is 0.584. The van der Waals surface area contributed by atoms with Crippen LogP contribution in [0, 0.1) is 0 Å². The first kappa shape index (κ1) is 13.3. The van der Waals surface area contributed by atoms with E-state index < -0.39 is 14.8 Å². The second-order valence-corrected chi connectivity index (χ2v) is 5.95. The molecule has 1 rings (SSSR count). The predicted octanol–water partition coefficient (Wildman–Crippen LogP) is 3.15. The molecule has 0 heterocycles. The highest BCUT2D eigenvalue weighted by Gasteiger charge is 2.24. The molecule has 0 radical (unpaired) electrons. The monoisotopic (exact) mass is 262 g/mol. The lowest BCUT2D eigenvalue weighted by molar-refractivity contribution is 0.478. The van der Waals surface area contributed by atoms with Gasteiger partial charge in [0, 0.05) is 0 Å². The summed E-state index contributed by atoms with van der Waals surface area (Å²) in [4.78, 5) is 0. The van der Waals surface area contributed by atoms with Crippen LogP contribution in [0.25, 0.3) is 0 Å². The van der Waals surface area contributed by atoms with Crippen LogP contribution in [0.15, 0.2) is 30.3 Å². The molecule has 0 aliphatic heterocycles. The summed E-state index contributed by atoms with van der Waals surface area (Å²) in [5.41, 5.74) is 0. The van der Waals surface area contributed by atoms with Crippen molar-refractivity contribution in [2.45, 2.75) is 30.9 Å². The van der Waals surface area contributed by atoms with Gasteiger partial charge in [0.1, 0.15) is 5.75 Å². The number of para-hydroxylation sites is 1. The maximum absolute atomic E-state index is 11.7. The van der Waals surface area contributed by atoms with E-state index in [4.69, 9.17) is 15.8 Å². The van der Waals surface area contributed by atoms with Gasteiger partial charge >= 0.3 is 10.1 Å². The average molecular weight is 263 g/mol. The molecule has 90 valence electrons. The first-order valence-corrected chi connectivity index (χ1v) is 7.09. The van der Waals surface area contributed by atoms with E-state index in [9.17, 15) is 8.42 Å². The van der Waals surface area contributed by atoms with Crippen LogP contribution in [-0.2, 0) is 10.1 Å². The van der Waals surface area contributed by atoms with Crippen LogP contribution in [0.5, 0.6) is 5.75 Å². The van der Waals surface area contributed by atoms with Gasteiger partial charge in [0.05, 0.1) is 0 Å². The van der Waals surface area contributed by atoms with Crippen molar-refractivity contribution >= 4 is 21.7 Å². The van der Waals surface area contributed by atoms with E-state index in [1.165, 1.54) is 0 Å². The van der Waals surface area contributed by atoms with Crippen LogP contribution in [0.2, 0.25) is 0 Å². The highest BCUT2D eigenvalue weighted by atomic mass is 35.5. The number of hydrogen-bond donors (Lipinski definition) is 0. The lowest BCUT2D eigenvalue weighted by Crippen LogP contribution is -2.21. The van der Waals surface area contributed by atoms with Crippen LogP contribution in [0.3, 0.4) is 0 Å². The number of alkyl halides is 1. The third-order valence-corrected chi connectivity index (χ3v) is 4.21. The van der Waals surface area contributed by atoms with Gasteiger partial charge in [0.15, 0.2) is 4.71 Å². The lowest BCUT2D eigenvalue weighted by atomic mass is 10.3. The van der Waals surface area contributed by atoms with E-state index in [-0.39, 0.29) is 0 Å². The van der Waals surface area contributed by atoms with Crippen molar-refractivity contribution in [3.8, 4) is 5.75 Å². The zero-order valence-corrected chi connectivity index (χ0v) is 10.7. The molecule has 0 saturated heterocycles. The Balaban J connectivity index is 2.65. The van der Waals surface area contributed by atoms with Crippen LogP contribution in [-0.4, -0.2) is 13.1 Å². The molecule has 0 amide bonds. The molecule has 0 aliphatic carbocycles. The lowest BCUT2D eigenvalue weighted by Gasteiger charge is -2.11. The maximum Gasteiger partial charge on any atom is 0.326 e. The summed E-state index contributed by atoms with van der Waals surface area (Å²) in [7, 11) is -3.72. The highest BCUT2D eigenvalue weighted by molar-refractivity contribution is 7.89. The molecule has 1 aromatic rings. The third-order valence-electron chi connectivity index (χ3n) is 2.05. The summed E-state index contributed by atoms with van der Waals surface area (Å²) in [5.74, 6) is 0.296. The van der Waals surface area contributed by atoms with Crippen molar-refractivity contribution in [2.75, 3.05) is 0 Å². The van der Waals surface area contributed by atoms with Gasteiger partial charge in [0.2, 0.25) is 0 Å². The zero-order valence-electron chi connectivity index (χ0n) is 9.10. The van der Waals surface area contributed by atoms with E-state index in [0.717, 1.165) is 12.8 Å². The van der Waals surface area contributed by atoms with Crippen LogP contribution < -0.4 is 4.18 Å². The summed E-state index contributed by atoms with van der Waals surface area (Å²) in [5, 5.41) is 0.